The van der Waals surface area contributed by atoms with E-state index in [1.54, 1.807) is 0 Å². The van der Waals surface area contributed by atoms with E-state index in [4.69, 9.17) is 9.40 Å². The van der Waals surface area contributed by atoms with Gasteiger partial charge in [0.05, 0.1) is 16.7 Å². The Morgan fingerprint density at radius 2 is 1.17 bits per heavy atom. The van der Waals surface area contributed by atoms with Crippen LogP contribution in [-0.4, -0.2) is 9.55 Å². The van der Waals surface area contributed by atoms with Gasteiger partial charge in [-0.05, 0) is 76.3 Å². The molecule has 0 aliphatic heterocycles. The Morgan fingerprint density at radius 1 is 0.458 bits per heavy atom. The molecule has 10 aromatic rings. The molecule has 3 heterocycles. The number of para-hydroxylation sites is 2. The van der Waals surface area contributed by atoms with Crippen LogP contribution in [0.3, 0.4) is 0 Å². The summed E-state index contributed by atoms with van der Waals surface area (Å²) in [5, 5.41) is 7.22. The predicted molar refractivity (Wildman–Crippen MR) is 199 cm³/mol. The highest BCUT2D eigenvalue weighted by Crippen LogP contribution is 2.50. The third-order valence-corrected chi connectivity index (χ3v) is 10.2. The van der Waals surface area contributed by atoms with E-state index in [-0.39, 0.29) is 0 Å². The fraction of sp³-hybridized carbons (Fsp3) is 0. The zero-order valence-electron chi connectivity index (χ0n) is 25.8. The van der Waals surface area contributed by atoms with Crippen molar-refractivity contribution in [1.29, 1.82) is 0 Å². The fourth-order valence-corrected chi connectivity index (χ4v) is 8.04. The van der Waals surface area contributed by atoms with E-state index in [9.17, 15) is 0 Å². The second-order valence-corrected chi connectivity index (χ2v) is 12.7. The van der Waals surface area contributed by atoms with Gasteiger partial charge in [-0.15, -0.1) is 0 Å². The zero-order chi connectivity index (χ0) is 31.3. The maximum absolute atomic E-state index is 6.11. The maximum Gasteiger partial charge on any atom is 0.135 e. The molecule has 0 atom stereocenters. The SMILES string of the molecule is c1cc(-c2ncc3cccc4c3c2-c2ccccc2-4)cc(-n2c3ccccc3c3cc(-c4ccc5oc6ccccc6c5c4)ccc32)c1. The monoisotopic (exact) mass is 610 g/mol. The highest BCUT2D eigenvalue weighted by molar-refractivity contribution is 6.18. The van der Waals surface area contributed by atoms with E-state index < -0.39 is 0 Å². The number of pyridine rings is 1. The summed E-state index contributed by atoms with van der Waals surface area (Å²) in [5.74, 6) is 0. The molecule has 1 aliphatic carbocycles. The van der Waals surface area contributed by atoms with E-state index in [0.717, 1.165) is 38.9 Å². The quantitative estimate of drug-likeness (QED) is 0.199. The van der Waals surface area contributed by atoms with Crippen molar-refractivity contribution in [1.82, 2.24) is 9.55 Å². The molecule has 0 fully saturated rings. The number of aromatic nitrogens is 2. The predicted octanol–water partition coefficient (Wildman–Crippen LogP) is 12.2. The summed E-state index contributed by atoms with van der Waals surface area (Å²) in [5.41, 5.74) is 14.8. The van der Waals surface area contributed by atoms with E-state index >= 15 is 0 Å². The third-order valence-electron chi connectivity index (χ3n) is 10.2. The molecule has 0 spiro atoms. The molecule has 3 heteroatoms. The molecule has 3 nitrogen and oxygen atoms in total. The summed E-state index contributed by atoms with van der Waals surface area (Å²) in [6, 6.07) is 54.5. The highest BCUT2D eigenvalue weighted by Gasteiger charge is 2.25. The van der Waals surface area contributed by atoms with Gasteiger partial charge in [-0.25, -0.2) is 0 Å². The van der Waals surface area contributed by atoms with Crippen molar-refractivity contribution < 1.29 is 4.42 Å². The van der Waals surface area contributed by atoms with Crippen molar-refractivity contribution in [3.8, 4) is 50.3 Å². The van der Waals surface area contributed by atoms with Crippen molar-refractivity contribution in [2.24, 2.45) is 0 Å². The lowest BCUT2D eigenvalue weighted by Gasteiger charge is -2.13. The number of hydrogen-bond acceptors (Lipinski definition) is 2. The number of fused-ring (bicyclic) bond motifs is 9. The van der Waals surface area contributed by atoms with Crippen LogP contribution in [-0.2, 0) is 0 Å². The van der Waals surface area contributed by atoms with Crippen LogP contribution in [0.25, 0.3) is 105 Å². The Labute approximate surface area is 275 Å². The minimum atomic E-state index is 0.914. The number of benzene rings is 7. The minimum absolute atomic E-state index is 0.914. The lowest BCUT2D eigenvalue weighted by Crippen LogP contribution is -1.95. The summed E-state index contributed by atoms with van der Waals surface area (Å²) in [7, 11) is 0. The van der Waals surface area contributed by atoms with Gasteiger partial charge < -0.3 is 8.98 Å². The second kappa shape index (κ2) is 9.54. The van der Waals surface area contributed by atoms with Crippen LogP contribution in [0.5, 0.6) is 0 Å². The zero-order valence-corrected chi connectivity index (χ0v) is 25.8. The lowest BCUT2D eigenvalue weighted by molar-refractivity contribution is 0.669. The smallest absolute Gasteiger partial charge is 0.135 e. The number of furan rings is 1. The van der Waals surface area contributed by atoms with E-state index in [1.165, 1.54) is 66.0 Å². The number of rotatable bonds is 3. The van der Waals surface area contributed by atoms with E-state index in [1.807, 2.05) is 18.3 Å². The standard InChI is InChI=1S/C45H26N2O/c1-2-15-36-32(12-1)35-16-8-10-30-26-46-45(44(36)43(30)35)29-9-7-11-31(23-29)47-39-17-5-3-13-33(39)37-24-27(19-21-40(37)47)28-20-22-42-38(25-28)34-14-4-6-18-41(34)48-42/h1-26H. The van der Waals surface area contributed by atoms with Crippen molar-refractivity contribution in [3.05, 3.63) is 158 Å². The first-order valence-electron chi connectivity index (χ1n) is 16.4. The highest BCUT2D eigenvalue weighted by atomic mass is 16.3. The molecule has 222 valence electrons. The van der Waals surface area contributed by atoms with Crippen LogP contribution < -0.4 is 0 Å². The fourth-order valence-electron chi connectivity index (χ4n) is 8.04. The van der Waals surface area contributed by atoms with Crippen LogP contribution in [0.15, 0.2) is 162 Å². The first kappa shape index (κ1) is 25.7. The molecule has 0 bridgehead atoms. The van der Waals surface area contributed by atoms with Gasteiger partial charge in [-0.2, -0.15) is 0 Å². The van der Waals surface area contributed by atoms with Crippen molar-refractivity contribution in [3.63, 3.8) is 0 Å². The van der Waals surface area contributed by atoms with Gasteiger partial charge in [-0.1, -0.05) is 103 Å². The molecule has 0 N–H and O–H groups in total. The molecule has 0 radical (unpaired) electrons. The molecule has 0 saturated heterocycles. The van der Waals surface area contributed by atoms with Crippen LogP contribution in [0.1, 0.15) is 0 Å². The Bertz CT molecular complexity index is 2960. The summed E-state index contributed by atoms with van der Waals surface area (Å²) >= 11 is 0. The molecule has 1 aliphatic rings. The average molecular weight is 611 g/mol. The summed E-state index contributed by atoms with van der Waals surface area (Å²) in [6.07, 6.45) is 2.03. The summed E-state index contributed by atoms with van der Waals surface area (Å²) in [6.45, 7) is 0. The van der Waals surface area contributed by atoms with Crippen LogP contribution in [0.4, 0.5) is 0 Å². The Hall–Kier alpha value is -6.45. The van der Waals surface area contributed by atoms with Gasteiger partial charge in [0, 0.05) is 55.3 Å². The summed E-state index contributed by atoms with van der Waals surface area (Å²) < 4.78 is 8.51. The molecule has 3 aromatic heterocycles. The molecule has 0 amide bonds. The number of hydrogen-bond donors (Lipinski definition) is 0. The van der Waals surface area contributed by atoms with Gasteiger partial charge in [0.15, 0.2) is 0 Å². The first-order chi connectivity index (χ1) is 23.8. The van der Waals surface area contributed by atoms with Crippen LogP contribution >= 0.6 is 0 Å². The minimum Gasteiger partial charge on any atom is -0.456 e. The van der Waals surface area contributed by atoms with Crippen molar-refractivity contribution in [2.75, 3.05) is 0 Å². The molecule has 11 rings (SSSR count). The van der Waals surface area contributed by atoms with Crippen LogP contribution in [0.2, 0.25) is 0 Å². The normalized spacial score (nSPS) is 12.2. The lowest BCUT2D eigenvalue weighted by atomic mass is 9.98. The van der Waals surface area contributed by atoms with E-state index in [2.05, 4.69) is 144 Å². The average Bonchev–Trinajstić information content (AvgIpc) is 3.80. The van der Waals surface area contributed by atoms with Crippen molar-refractivity contribution >= 4 is 54.5 Å². The van der Waals surface area contributed by atoms with Crippen molar-refractivity contribution in [2.45, 2.75) is 0 Å². The first-order valence-corrected chi connectivity index (χ1v) is 16.4. The van der Waals surface area contributed by atoms with Crippen LogP contribution in [0, 0.1) is 0 Å². The Balaban J connectivity index is 1.10. The van der Waals surface area contributed by atoms with Gasteiger partial charge in [-0.3, -0.25) is 4.98 Å². The molecular weight excluding hydrogens is 585 g/mol. The third kappa shape index (κ3) is 3.50. The number of nitrogens with zero attached hydrogens (tertiary/aromatic N) is 2. The second-order valence-electron chi connectivity index (χ2n) is 12.7. The molecule has 0 unspecified atom stereocenters. The maximum atomic E-state index is 6.11. The molecule has 7 aromatic carbocycles. The van der Waals surface area contributed by atoms with Gasteiger partial charge in [0.1, 0.15) is 11.2 Å². The molecule has 48 heavy (non-hydrogen) atoms. The largest absolute Gasteiger partial charge is 0.456 e. The molecule has 0 saturated carbocycles. The van der Waals surface area contributed by atoms with Gasteiger partial charge >= 0.3 is 0 Å². The Morgan fingerprint density at radius 3 is 2.10 bits per heavy atom. The summed E-state index contributed by atoms with van der Waals surface area (Å²) in [4.78, 5) is 5.09. The van der Waals surface area contributed by atoms with Gasteiger partial charge in [0.2, 0.25) is 0 Å². The van der Waals surface area contributed by atoms with Gasteiger partial charge in [0.25, 0.3) is 0 Å². The molecular formula is C45H26N2O. The topological polar surface area (TPSA) is 31.0 Å². The Kier molecular flexibility index (Phi) is 5.11. The van der Waals surface area contributed by atoms with E-state index in [0.29, 0.717) is 0 Å².